The highest BCUT2D eigenvalue weighted by atomic mass is 32.2. The Kier molecular flexibility index (Phi) is 8.44. The van der Waals surface area contributed by atoms with Crippen LogP contribution in [-0.4, -0.2) is 66.3 Å². The van der Waals surface area contributed by atoms with E-state index < -0.39 is 33.3 Å². The van der Waals surface area contributed by atoms with Crippen molar-refractivity contribution in [2.75, 3.05) is 19.3 Å². The summed E-state index contributed by atoms with van der Waals surface area (Å²) in [6.45, 7) is 1.45. The summed E-state index contributed by atoms with van der Waals surface area (Å²) in [6.07, 6.45) is 3.03. The first kappa shape index (κ1) is 28.5. The quantitative estimate of drug-likeness (QED) is 0.326. The van der Waals surface area contributed by atoms with Crippen molar-refractivity contribution in [3.63, 3.8) is 0 Å². The highest BCUT2D eigenvalue weighted by molar-refractivity contribution is 8.00. The van der Waals surface area contributed by atoms with Crippen LogP contribution >= 0.6 is 11.8 Å². The van der Waals surface area contributed by atoms with E-state index in [4.69, 9.17) is 5.73 Å². The number of thioether (sulfide) groups is 1. The third-order valence-electron chi connectivity index (χ3n) is 7.75. The number of piperidine rings is 1. The van der Waals surface area contributed by atoms with Crippen molar-refractivity contribution >= 4 is 33.5 Å². The van der Waals surface area contributed by atoms with Gasteiger partial charge >= 0.3 is 5.97 Å². The second-order valence-electron chi connectivity index (χ2n) is 10.2. The van der Waals surface area contributed by atoms with Crippen molar-refractivity contribution in [2.45, 2.75) is 47.5 Å². The topological polar surface area (TPSA) is 130 Å². The van der Waals surface area contributed by atoms with Crippen LogP contribution in [0.4, 0.5) is 0 Å². The number of ketones is 1. The van der Waals surface area contributed by atoms with Crippen molar-refractivity contribution in [3.8, 4) is 11.1 Å². The number of Topliss-reactive ketones (excluding diaryl/α,β-unsaturated/α-hetero) is 1. The Bertz CT molecular complexity index is 1490. The van der Waals surface area contributed by atoms with Gasteiger partial charge in [-0.1, -0.05) is 72.8 Å². The number of carbonyl (C=O) groups excluding carboxylic acids is 1. The van der Waals surface area contributed by atoms with Gasteiger partial charge in [0.1, 0.15) is 6.04 Å². The fourth-order valence-corrected chi connectivity index (χ4v) is 8.85. The SMILES string of the molecule is CSC(C[C@H](N)C(=O)O)C(=O)c1ccc2c(c1-c1ccccc1)S(=O)(=O)N(C1CCNCC1)C2c1ccccc1. The van der Waals surface area contributed by atoms with Gasteiger partial charge in [0.25, 0.3) is 0 Å². The van der Waals surface area contributed by atoms with E-state index in [1.54, 1.807) is 22.7 Å². The van der Waals surface area contributed by atoms with E-state index in [0.717, 1.165) is 18.7 Å². The van der Waals surface area contributed by atoms with E-state index in [9.17, 15) is 23.1 Å². The average Bonchev–Trinajstić information content (AvgIpc) is 3.22. The number of nitrogens with two attached hydrogens (primary N) is 1. The van der Waals surface area contributed by atoms with Gasteiger partial charge in [-0.3, -0.25) is 9.59 Å². The zero-order chi connectivity index (χ0) is 28.4. The Morgan fingerprint density at radius 2 is 1.65 bits per heavy atom. The predicted octanol–water partition coefficient (Wildman–Crippen LogP) is 3.92. The molecular weight excluding hydrogens is 546 g/mol. The van der Waals surface area contributed by atoms with Crippen LogP contribution in [0.3, 0.4) is 0 Å². The molecule has 0 saturated carbocycles. The minimum atomic E-state index is -4.02. The lowest BCUT2D eigenvalue weighted by Gasteiger charge is -2.34. The normalized spacial score (nSPS) is 20.5. The van der Waals surface area contributed by atoms with Gasteiger partial charge in [0, 0.05) is 17.2 Å². The van der Waals surface area contributed by atoms with Gasteiger partial charge < -0.3 is 16.2 Å². The monoisotopic (exact) mass is 579 g/mol. The van der Waals surface area contributed by atoms with Crippen LogP contribution in [-0.2, 0) is 14.8 Å². The lowest BCUT2D eigenvalue weighted by Crippen LogP contribution is -2.45. The summed E-state index contributed by atoms with van der Waals surface area (Å²) in [5.41, 5.74) is 8.55. The number of sulfonamides is 1. The van der Waals surface area contributed by atoms with Crippen LogP contribution in [0.2, 0.25) is 0 Å². The molecule has 4 N–H and O–H groups in total. The van der Waals surface area contributed by atoms with E-state index >= 15 is 0 Å². The number of carboxylic acids is 1. The lowest BCUT2D eigenvalue weighted by molar-refractivity contribution is -0.138. The number of carbonyl (C=O) groups is 2. The molecule has 5 rings (SSSR count). The van der Waals surface area contributed by atoms with Crippen LogP contribution in [0.25, 0.3) is 11.1 Å². The van der Waals surface area contributed by atoms with Crippen molar-refractivity contribution in [3.05, 3.63) is 89.5 Å². The lowest BCUT2D eigenvalue weighted by atomic mass is 9.88. The average molecular weight is 580 g/mol. The smallest absolute Gasteiger partial charge is 0.320 e. The Morgan fingerprint density at radius 3 is 2.25 bits per heavy atom. The van der Waals surface area contributed by atoms with Gasteiger partial charge in [-0.25, -0.2) is 8.42 Å². The number of rotatable bonds is 9. The first-order valence-corrected chi connectivity index (χ1v) is 16.1. The summed E-state index contributed by atoms with van der Waals surface area (Å²) in [4.78, 5) is 25.6. The molecule has 1 saturated heterocycles. The molecule has 8 nitrogen and oxygen atoms in total. The maximum absolute atomic E-state index is 14.6. The van der Waals surface area contributed by atoms with Gasteiger partial charge in [-0.15, -0.1) is 0 Å². The largest absolute Gasteiger partial charge is 0.480 e. The molecule has 3 aromatic rings. The third kappa shape index (κ3) is 5.22. The first-order valence-electron chi connectivity index (χ1n) is 13.3. The van der Waals surface area contributed by atoms with Crippen LogP contribution in [0, 0.1) is 0 Å². The third-order valence-corrected chi connectivity index (χ3v) is 10.7. The number of nitrogens with one attached hydrogen (secondary N) is 1. The maximum atomic E-state index is 14.6. The highest BCUT2D eigenvalue weighted by Gasteiger charge is 2.49. The maximum Gasteiger partial charge on any atom is 0.320 e. The molecule has 0 aliphatic carbocycles. The molecule has 3 aromatic carbocycles. The Balaban J connectivity index is 1.74. The Morgan fingerprint density at radius 1 is 1.02 bits per heavy atom. The van der Waals surface area contributed by atoms with Crippen LogP contribution in [0.1, 0.15) is 46.8 Å². The number of hydrogen-bond donors (Lipinski definition) is 3. The zero-order valence-electron chi connectivity index (χ0n) is 22.2. The molecule has 0 aromatic heterocycles. The molecule has 0 amide bonds. The number of nitrogens with zero attached hydrogens (tertiary/aromatic N) is 1. The Hall–Kier alpha value is -3.02. The van der Waals surface area contributed by atoms with E-state index in [2.05, 4.69) is 5.32 Å². The van der Waals surface area contributed by atoms with Gasteiger partial charge in [-0.05, 0) is 55.3 Å². The molecule has 0 bridgehead atoms. The minimum Gasteiger partial charge on any atom is -0.480 e. The second-order valence-corrected chi connectivity index (χ2v) is 13.0. The molecule has 40 heavy (non-hydrogen) atoms. The van der Waals surface area contributed by atoms with Gasteiger partial charge in [0.05, 0.1) is 16.2 Å². The second kappa shape index (κ2) is 11.8. The zero-order valence-corrected chi connectivity index (χ0v) is 23.8. The number of carboxylic acid groups (broad SMARTS) is 1. The summed E-state index contributed by atoms with van der Waals surface area (Å²) in [7, 11) is -4.02. The molecule has 2 heterocycles. The van der Waals surface area contributed by atoms with E-state index in [-0.39, 0.29) is 28.7 Å². The highest BCUT2D eigenvalue weighted by Crippen LogP contribution is 2.50. The molecule has 1 fully saturated rings. The Labute approximate surface area is 239 Å². The molecule has 0 radical (unpaired) electrons. The number of aliphatic carboxylic acids is 1. The fraction of sp³-hybridized carbons (Fsp3) is 0.333. The molecule has 10 heteroatoms. The van der Waals surface area contributed by atoms with Gasteiger partial charge in [0.2, 0.25) is 10.0 Å². The van der Waals surface area contributed by atoms with Gasteiger partial charge in [0.15, 0.2) is 5.78 Å². The summed E-state index contributed by atoms with van der Waals surface area (Å²) < 4.78 is 30.9. The molecule has 0 spiro atoms. The standard InChI is InChI=1S/C30H33N3O5S2/c1-39-25(18-24(31)30(35)36)28(34)22-12-13-23-27(20-10-6-3-7-11-20)33(21-14-16-32-17-15-21)40(37,38)29(23)26(22)19-8-4-2-5-9-19/h2-13,21,24-25,27,32H,14-18,31H2,1H3,(H,35,36)/t24-,25?,27?/m0/s1. The summed E-state index contributed by atoms with van der Waals surface area (Å²) in [5, 5.41) is 11.9. The summed E-state index contributed by atoms with van der Waals surface area (Å²) in [5.74, 6) is -1.52. The first-order chi connectivity index (χ1) is 19.3. The molecule has 210 valence electrons. The van der Waals surface area contributed by atoms with E-state index in [0.29, 0.717) is 29.5 Å². The molecule has 2 unspecified atom stereocenters. The molecule has 2 aliphatic rings. The predicted molar refractivity (Wildman–Crippen MR) is 157 cm³/mol. The van der Waals surface area contributed by atoms with Crippen molar-refractivity contribution in [2.24, 2.45) is 5.73 Å². The van der Waals surface area contributed by atoms with Crippen LogP contribution in [0.15, 0.2) is 77.7 Å². The molecule has 2 aliphatic heterocycles. The number of fused-ring (bicyclic) bond motifs is 1. The van der Waals surface area contributed by atoms with Crippen molar-refractivity contribution in [1.29, 1.82) is 0 Å². The number of hydrogen-bond acceptors (Lipinski definition) is 7. The van der Waals surface area contributed by atoms with E-state index in [1.165, 1.54) is 11.8 Å². The van der Waals surface area contributed by atoms with Crippen LogP contribution in [0.5, 0.6) is 0 Å². The number of benzene rings is 3. The minimum absolute atomic E-state index is 0.0682. The van der Waals surface area contributed by atoms with Crippen molar-refractivity contribution < 1.29 is 23.1 Å². The molecule has 3 atom stereocenters. The van der Waals surface area contributed by atoms with Crippen LogP contribution < -0.4 is 11.1 Å². The van der Waals surface area contributed by atoms with E-state index in [1.807, 2.05) is 60.7 Å². The van der Waals surface area contributed by atoms with Crippen molar-refractivity contribution in [1.82, 2.24) is 9.62 Å². The molecular formula is C30H33N3O5S2. The summed E-state index contributed by atoms with van der Waals surface area (Å²) >= 11 is 1.22. The van der Waals surface area contributed by atoms with Gasteiger partial charge in [-0.2, -0.15) is 16.1 Å². The summed E-state index contributed by atoms with van der Waals surface area (Å²) in [6, 6.07) is 20.2. The fourth-order valence-electron chi connectivity index (χ4n) is 5.82.